The van der Waals surface area contributed by atoms with E-state index in [-0.39, 0.29) is 23.8 Å². The minimum absolute atomic E-state index is 0.0752. The fourth-order valence-electron chi connectivity index (χ4n) is 4.88. The van der Waals surface area contributed by atoms with Crippen LogP contribution in [0.15, 0.2) is 24.3 Å². The van der Waals surface area contributed by atoms with E-state index in [1.807, 2.05) is 39.0 Å². The Balaban J connectivity index is 2.51. The zero-order valence-corrected chi connectivity index (χ0v) is 24.1. The van der Waals surface area contributed by atoms with Gasteiger partial charge in [-0.3, -0.25) is 9.59 Å². The van der Waals surface area contributed by atoms with Gasteiger partial charge in [-0.15, -0.1) is 6.42 Å². The fraction of sp³-hybridized carbons (Fsp3) is 0.645. The first-order valence-electron chi connectivity index (χ1n) is 14.1. The quantitative estimate of drug-likeness (QED) is 0.362. The summed E-state index contributed by atoms with van der Waals surface area (Å²) in [5.41, 5.74) is 0.491. The van der Waals surface area contributed by atoms with Crippen molar-refractivity contribution in [2.45, 2.75) is 117 Å². The number of rotatable bonds is 11. The minimum atomic E-state index is -0.904. The van der Waals surface area contributed by atoms with Gasteiger partial charge in [-0.05, 0) is 64.0 Å². The van der Waals surface area contributed by atoms with Crippen molar-refractivity contribution in [2.24, 2.45) is 5.92 Å². The van der Waals surface area contributed by atoms with Crippen LogP contribution in [-0.4, -0.2) is 47.0 Å². The molecule has 0 bridgehead atoms. The molecule has 7 heteroatoms. The second-order valence-corrected chi connectivity index (χ2v) is 11.7. The Bertz CT molecular complexity index is 970. The van der Waals surface area contributed by atoms with Crippen molar-refractivity contribution in [1.82, 2.24) is 15.5 Å². The standard InChI is InChI=1S/C31H47N3O4/c1-8-10-20-34(29(36)26(21-22(3)4)33-30(37)38-31(5,6)7)27(25-19-15-14-16-23(25)9-2)28(35)32-24-17-12-11-13-18-24/h2,14-16,19,22,24,26-27H,8,10-13,17-18,20-21H2,1,3-7H3,(H,32,35)(H,33,37). The first kappa shape index (κ1) is 31.2. The molecule has 38 heavy (non-hydrogen) atoms. The van der Waals surface area contributed by atoms with Crippen molar-refractivity contribution >= 4 is 17.9 Å². The van der Waals surface area contributed by atoms with Gasteiger partial charge in [-0.25, -0.2) is 4.79 Å². The van der Waals surface area contributed by atoms with Crippen LogP contribution in [0.1, 0.15) is 110 Å². The number of hydrogen-bond donors (Lipinski definition) is 2. The van der Waals surface area contributed by atoms with Gasteiger partial charge in [0.2, 0.25) is 11.8 Å². The van der Waals surface area contributed by atoms with Crippen LogP contribution in [0.25, 0.3) is 0 Å². The summed E-state index contributed by atoms with van der Waals surface area (Å²) in [5.74, 6) is 2.28. The Kier molecular flexibility index (Phi) is 12.2. The van der Waals surface area contributed by atoms with E-state index in [4.69, 9.17) is 11.2 Å². The molecule has 210 valence electrons. The number of benzene rings is 1. The number of carbonyl (C=O) groups excluding carboxylic acids is 3. The summed E-state index contributed by atoms with van der Waals surface area (Å²) in [6.45, 7) is 11.7. The lowest BCUT2D eigenvalue weighted by molar-refractivity contribution is -0.143. The molecular weight excluding hydrogens is 478 g/mol. The molecule has 7 nitrogen and oxygen atoms in total. The number of hydrogen-bond acceptors (Lipinski definition) is 4. The topological polar surface area (TPSA) is 87.7 Å². The van der Waals surface area contributed by atoms with Gasteiger partial charge in [-0.2, -0.15) is 0 Å². The smallest absolute Gasteiger partial charge is 0.408 e. The van der Waals surface area contributed by atoms with E-state index in [2.05, 4.69) is 16.6 Å². The fourth-order valence-corrected chi connectivity index (χ4v) is 4.88. The monoisotopic (exact) mass is 525 g/mol. The maximum absolute atomic E-state index is 14.2. The summed E-state index contributed by atoms with van der Waals surface area (Å²) >= 11 is 0. The van der Waals surface area contributed by atoms with Crippen LogP contribution in [0.2, 0.25) is 0 Å². The van der Waals surface area contributed by atoms with E-state index < -0.39 is 23.8 Å². The van der Waals surface area contributed by atoms with Gasteiger partial charge in [0.1, 0.15) is 17.7 Å². The number of unbranched alkanes of at least 4 members (excludes halogenated alkanes) is 1. The SMILES string of the molecule is C#Cc1ccccc1C(C(=O)NC1CCCCC1)N(CCCC)C(=O)C(CC(C)C)NC(=O)OC(C)(C)C. The molecular formula is C31H47N3O4. The van der Waals surface area contributed by atoms with Crippen molar-refractivity contribution < 1.29 is 19.1 Å². The van der Waals surface area contributed by atoms with Gasteiger partial charge in [-0.1, -0.05) is 70.6 Å². The molecule has 1 aliphatic rings. The van der Waals surface area contributed by atoms with Crippen molar-refractivity contribution in [3.05, 3.63) is 35.4 Å². The lowest BCUT2D eigenvalue weighted by atomic mass is 9.93. The molecule has 0 aliphatic heterocycles. The highest BCUT2D eigenvalue weighted by molar-refractivity contribution is 5.92. The Morgan fingerprint density at radius 1 is 1.13 bits per heavy atom. The Morgan fingerprint density at radius 3 is 2.37 bits per heavy atom. The zero-order valence-electron chi connectivity index (χ0n) is 24.1. The Labute approximate surface area is 229 Å². The van der Waals surface area contributed by atoms with Crippen LogP contribution in [0.4, 0.5) is 4.79 Å². The molecule has 0 spiro atoms. The normalized spacial score (nSPS) is 15.7. The molecule has 2 N–H and O–H groups in total. The first-order chi connectivity index (χ1) is 18.0. The molecule has 1 fully saturated rings. The molecule has 1 saturated carbocycles. The van der Waals surface area contributed by atoms with Gasteiger partial charge in [0.15, 0.2) is 0 Å². The second-order valence-electron chi connectivity index (χ2n) is 11.7. The molecule has 0 aromatic heterocycles. The van der Waals surface area contributed by atoms with Crippen molar-refractivity contribution in [1.29, 1.82) is 0 Å². The summed E-state index contributed by atoms with van der Waals surface area (Å²) < 4.78 is 5.46. The average molecular weight is 526 g/mol. The van der Waals surface area contributed by atoms with Crippen LogP contribution in [0, 0.1) is 18.3 Å². The third-order valence-electron chi connectivity index (χ3n) is 6.65. The summed E-state index contributed by atoms with van der Waals surface area (Å²) in [7, 11) is 0. The molecule has 0 heterocycles. The Hall–Kier alpha value is -3.01. The highest BCUT2D eigenvalue weighted by atomic mass is 16.6. The van der Waals surface area contributed by atoms with Gasteiger partial charge < -0.3 is 20.3 Å². The van der Waals surface area contributed by atoms with Crippen molar-refractivity contribution in [3.8, 4) is 12.3 Å². The molecule has 2 unspecified atom stereocenters. The number of ether oxygens (including phenoxy) is 1. The summed E-state index contributed by atoms with van der Waals surface area (Å²) in [6, 6.07) is 5.62. The van der Waals surface area contributed by atoms with E-state index in [1.165, 1.54) is 6.42 Å². The lowest BCUT2D eigenvalue weighted by Gasteiger charge is -2.36. The third kappa shape index (κ3) is 9.70. The number of carbonyl (C=O) groups is 3. The van der Waals surface area contributed by atoms with Gasteiger partial charge >= 0.3 is 6.09 Å². The number of amides is 3. The van der Waals surface area contributed by atoms with Crippen LogP contribution < -0.4 is 10.6 Å². The van der Waals surface area contributed by atoms with Gasteiger partial charge in [0, 0.05) is 18.2 Å². The molecule has 2 atom stereocenters. The number of nitrogens with zero attached hydrogens (tertiary/aromatic N) is 1. The Morgan fingerprint density at radius 2 is 1.79 bits per heavy atom. The molecule has 1 aromatic rings. The largest absolute Gasteiger partial charge is 0.444 e. The maximum atomic E-state index is 14.2. The molecule has 3 amide bonds. The van der Waals surface area contributed by atoms with E-state index in [9.17, 15) is 14.4 Å². The number of alkyl carbamates (subject to hydrolysis) is 1. The third-order valence-corrected chi connectivity index (χ3v) is 6.65. The summed E-state index contributed by atoms with van der Waals surface area (Å²) in [4.78, 5) is 42.5. The zero-order chi connectivity index (χ0) is 28.3. The first-order valence-corrected chi connectivity index (χ1v) is 14.1. The van der Waals surface area contributed by atoms with Crippen molar-refractivity contribution in [3.63, 3.8) is 0 Å². The predicted octanol–water partition coefficient (Wildman–Crippen LogP) is 5.73. The molecule has 0 saturated heterocycles. The van der Waals surface area contributed by atoms with E-state index in [1.54, 1.807) is 31.7 Å². The molecule has 1 aromatic carbocycles. The van der Waals surface area contributed by atoms with Gasteiger partial charge in [0.05, 0.1) is 0 Å². The molecule has 0 radical (unpaired) electrons. The highest BCUT2D eigenvalue weighted by Gasteiger charge is 2.37. The van der Waals surface area contributed by atoms with E-state index >= 15 is 0 Å². The highest BCUT2D eigenvalue weighted by Crippen LogP contribution is 2.28. The molecule has 2 rings (SSSR count). The number of nitrogens with one attached hydrogen (secondary N) is 2. The summed E-state index contributed by atoms with van der Waals surface area (Å²) in [5, 5.41) is 6.01. The van der Waals surface area contributed by atoms with Crippen LogP contribution >= 0.6 is 0 Å². The van der Waals surface area contributed by atoms with E-state index in [0.717, 1.165) is 32.1 Å². The molecule has 1 aliphatic carbocycles. The number of terminal acetylenes is 1. The van der Waals surface area contributed by atoms with Crippen molar-refractivity contribution in [2.75, 3.05) is 6.54 Å². The minimum Gasteiger partial charge on any atom is -0.444 e. The second kappa shape index (κ2) is 14.8. The van der Waals surface area contributed by atoms with Crippen LogP contribution in [-0.2, 0) is 14.3 Å². The lowest BCUT2D eigenvalue weighted by Crippen LogP contribution is -2.54. The van der Waals surface area contributed by atoms with E-state index in [0.29, 0.717) is 30.5 Å². The van der Waals surface area contributed by atoms with Gasteiger partial charge in [0.25, 0.3) is 0 Å². The maximum Gasteiger partial charge on any atom is 0.408 e. The summed E-state index contributed by atoms with van der Waals surface area (Å²) in [6.07, 6.45) is 12.3. The average Bonchev–Trinajstić information content (AvgIpc) is 2.85. The van der Waals surface area contributed by atoms with Crippen LogP contribution in [0.3, 0.4) is 0 Å². The van der Waals surface area contributed by atoms with Crippen LogP contribution in [0.5, 0.6) is 0 Å². The predicted molar refractivity (Wildman–Crippen MR) is 151 cm³/mol.